The minimum absolute atomic E-state index is 0.0332. The Balaban J connectivity index is 1.87. The lowest BCUT2D eigenvalue weighted by Crippen LogP contribution is -2.40. The lowest BCUT2D eigenvalue weighted by molar-refractivity contribution is -0.125. The first-order chi connectivity index (χ1) is 13.8. The predicted molar refractivity (Wildman–Crippen MR) is 108 cm³/mol. The molecular weight excluding hydrogens is 396 g/mol. The lowest BCUT2D eigenvalue weighted by atomic mass is 10.1. The molecule has 0 unspecified atom stereocenters. The van der Waals surface area contributed by atoms with Gasteiger partial charge in [-0.25, -0.2) is 4.79 Å². The molecule has 0 saturated carbocycles. The maximum Gasteiger partial charge on any atom is 0.341 e. The van der Waals surface area contributed by atoms with Crippen molar-refractivity contribution in [2.24, 2.45) is 0 Å². The first-order valence-electron chi connectivity index (χ1n) is 9.05. The molecule has 0 fully saturated rings. The highest BCUT2D eigenvalue weighted by atomic mass is 32.1. The molecular formula is C20H22N2O6S. The molecule has 1 aliphatic heterocycles. The third-order valence-corrected chi connectivity index (χ3v) is 5.46. The first-order valence-corrected chi connectivity index (χ1v) is 9.86. The number of benzene rings is 1. The molecule has 9 heteroatoms. The summed E-state index contributed by atoms with van der Waals surface area (Å²) >= 11 is 1.03. The number of nitrogens with zero attached hydrogens (tertiary/aromatic N) is 1. The molecule has 154 valence electrons. The van der Waals surface area contributed by atoms with E-state index < -0.39 is 18.0 Å². The summed E-state index contributed by atoms with van der Waals surface area (Å²) in [5, 5.41) is 2.96. The SMILES string of the molecule is CCOC(=O)c1c(NC(=O)[C@@H]2COc3ccccc3O2)sc(C(=O)N(C)C)c1C. The molecule has 0 radical (unpaired) electrons. The van der Waals surface area contributed by atoms with Crippen LogP contribution < -0.4 is 14.8 Å². The minimum Gasteiger partial charge on any atom is -0.485 e. The van der Waals surface area contributed by atoms with Crippen LogP contribution in [0, 0.1) is 6.92 Å². The zero-order valence-corrected chi connectivity index (χ0v) is 17.4. The number of nitrogens with one attached hydrogen (secondary N) is 1. The summed E-state index contributed by atoms with van der Waals surface area (Å²) in [6, 6.07) is 7.06. The number of carbonyl (C=O) groups is 3. The molecule has 8 nitrogen and oxygen atoms in total. The number of hydrogen-bond acceptors (Lipinski definition) is 7. The Labute approximate surface area is 172 Å². The van der Waals surface area contributed by atoms with Crippen molar-refractivity contribution in [3.63, 3.8) is 0 Å². The quantitative estimate of drug-likeness (QED) is 0.751. The Bertz CT molecular complexity index is 952. The molecule has 0 saturated heterocycles. The van der Waals surface area contributed by atoms with Gasteiger partial charge in [0.15, 0.2) is 11.5 Å². The zero-order valence-electron chi connectivity index (χ0n) is 16.6. The zero-order chi connectivity index (χ0) is 21.1. The predicted octanol–water partition coefficient (Wildman–Crippen LogP) is 2.71. The highest BCUT2D eigenvalue weighted by Gasteiger charge is 2.31. The van der Waals surface area contributed by atoms with Gasteiger partial charge in [0, 0.05) is 14.1 Å². The Morgan fingerprint density at radius 3 is 2.59 bits per heavy atom. The van der Waals surface area contributed by atoms with E-state index in [9.17, 15) is 14.4 Å². The Kier molecular flexibility index (Phi) is 6.07. The summed E-state index contributed by atoms with van der Waals surface area (Å²) in [5.74, 6) is -0.301. The summed E-state index contributed by atoms with van der Waals surface area (Å²) < 4.78 is 16.4. The van der Waals surface area contributed by atoms with Gasteiger partial charge in [-0.1, -0.05) is 12.1 Å². The van der Waals surface area contributed by atoms with Crippen molar-refractivity contribution in [2.45, 2.75) is 20.0 Å². The van der Waals surface area contributed by atoms with E-state index in [1.807, 2.05) is 6.07 Å². The monoisotopic (exact) mass is 418 g/mol. The molecule has 1 aliphatic rings. The summed E-state index contributed by atoms with van der Waals surface area (Å²) in [4.78, 5) is 39.5. The second-order valence-corrected chi connectivity index (χ2v) is 7.55. The van der Waals surface area contributed by atoms with Gasteiger partial charge in [0.2, 0.25) is 6.10 Å². The summed E-state index contributed by atoms with van der Waals surface area (Å²) in [6.45, 7) is 3.56. The number of para-hydroxylation sites is 2. The van der Waals surface area contributed by atoms with Crippen molar-refractivity contribution in [3.05, 3.63) is 40.3 Å². The highest BCUT2D eigenvalue weighted by Crippen LogP contribution is 2.35. The molecule has 3 rings (SSSR count). The van der Waals surface area contributed by atoms with Crippen LogP contribution in [0.3, 0.4) is 0 Å². The van der Waals surface area contributed by atoms with Gasteiger partial charge in [-0.05, 0) is 31.5 Å². The Morgan fingerprint density at radius 2 is 1.93 bits per heavy atom. The van der Waals surface area contributed by atoms with E-state index in [0.29, 0.717) is 21.9 Å². The van der Waals surface area contributed by atoms with Crippen LogP contribution in [0.4, 0.5) is 5.00 Å². The Hall–Kier alpha value is -3.07. The van der Waals surface area contributed by atoms with Gasteiger partial charge in [0.05, 0.1) is 17.0 Å². The van der Waals surface area contributed by atoms with E-state index >= 15 is 0 Å². The molecule has 1 atom stereocenters. The molecule has 1 aromatic carbocycles. The average molecular weight is 418 g/mol. The van der Waals surface area contributed by atoms with Crippen LogP contribution in [0.1, 0.15) is 32.5 Å². The molecule has 2 amide bonds. The second-order valence-electron chi connectivity index (χ2n) is 6.53. The number of carbonyl (C=O) groups excluding carboxylic acids is 3. The van der Waals surface area contributed by atoms with Gasteiger partial charge in [0.1, 0.15) is 11.6 Å². The van der Waals surface area contributed by atoms with Crippen LogP contribution in [-0.4, -0.2) is 56.1 Å². The normalized spacial score (nSPS) is 14.8. The number of thiophene rings is 1. The molecule has 0 aliphatic carbocycles. The third-order valence-electron chi connectivity index (χ3n) is 4.26. The number of ether oxygens (including phenoxy) is 3. The fraction of sp³-hybridized carbons (Fsp3) is 0.350. The molecule has 29 heavy (non-hydrogen) atoms. The summed E-state index contributed by atoms with van der Waals surface area (Å²) in [6.07, 6.45) is -0.893. The average Bonchev–Trinajstić information content (AvgIpc) is 3.02. The number of anilines is 1. The van der Waals surface area contributed by atoms with Crippen molar-refractivity contribution < 1.29 is 28.6 Å². The van der Waals surface area contributed by atoms with E-state index in [-0.39, 0.29) is 29.7 Å². The van der Waals surface area contributed by atoms with E-state index in [0.717, 1.165) is 11.3 Å². The van der Waals surface area contributed by atoms with Crippen molar-refractivity contribution in [2.75, 3.05) is 32.6 Å². The number of rotatable bonds is 5. The molecule has 2 heterocycles. The van der Waals surface area contributed by atoms with Crippen LogP contribution in [0.2, 0.25) is 0 Å². The van der Waals surface area contributed by atoms with E-state index in [4.69, 9.17) is 14.2 Å². The fourth-order valence-electron chi connectivity index (χ4n) is 2.80. The van der Waals surface area contributed by atoms with Gasteiger partial charge in [0.25, 0.3) is 11.8 Å². The van der Waals surface area contributed by atoms with Gasteiger partial charge < -0.3 is 24.4 Å². The van der Waals surface area contributed by atoms with Crippen LogP contribution in [0.25, 0.3) is 0 Å². The smallest absolute Gasteiger partial charge is 0.341 e. The molecule has 1 aromatic heterocycles. The molecule has 0 spiro atoms. The van der Waals surface area contributed by atoms with Gasteiger partial charge in [-0.3, -0.25) is 9.59 Å². The number of esters is 1. The topological polar surface area (TPSA) is 94.2 Å². The fourth-order valence-corrected chi connectivity index (χ4v) is 4.02. The van der Waals surface area contributed by atoms with E-state index in [1.165, 1.54) is 4.90 Å². The van der Waals surface area contributed by atoms with Crippen molar-refractivity contribution in [3.8, 4) is 11.5 Å². The first kappa shape index (κ1) is 20.7. The third kappa shape index (κ3) is 4.19. The van der Waals surface area contributed by atoms with E-state index in [2.05, 4.69) is 5.32 Å². The van der Waals surface area contributed by atoms with Crippen LogP contribution in [0.5, 0.6) is 11.5 Å². The second kappa shape index (κ2) is 8.52. The maximum atomic E-state index is 12.8. The van der Waals surface area contributed by atoms with Crippen LogP contribution in [-0.2, 0) is 9.53 Å². The molecule has 0 bridgehead atoms. The number of hydrogen-bond donors (Lipinski definition) is 1. The summed E-state index contributed by atoms with van der Waals surface area (Å²) in [7, 11) is 3.24. The van der Waals surface area contributed by atoms with Gasteiger partial charge >= 0.3 is 5.97 Å². The summed E-state index contributed by atoms with van der Waals surface area (Å²) in [5.41, 5.74) is 0.640. The van der Waals surface area contributed by atoms with Crippen molar-refractivity contribution >= 4 is 34.1 Å². The Morgan fingerprint density at radius 1 is 1.24 bits per heavy atom. The maximum absolute atomic E-state index is 12.8. The lowest BCUT2D eigenvalue weighted by Gasteiger charge is -2.25. The minimum atomic E-state index is -0.893. The van der Waals surface area contributed by atoms with Crippen LogP contribution >= 0.6 is 11.3 Å². The van der Waals surface area contributed by atoms with E-state index in [1.54, 1.807) is 46.1 Å². The molecule has 1 N–H and O–H groups in total. The number of fused-ring (bicyclic) bond motifs is 1. The van der Waals surface area contributed by atoms with Gasteiger partial charge in [-0.2, -0.15) is 0 Å². The van der Waals surface area contributed by atoms with Crippen molar-refractivity contribution in [1.82, 2.24) is 4.90 Å². The van der Waals surface area contributed by atoms with Crippen molar-refractivity contribution in [1.29, 1.82) is 0 Å². The highest BCUT2D eigenvalue weighted by molar-refractivity contribution is 7.18. The number of amides is 2. The van der Waals surface area contributed by atoms with Gasteiger partial charge in [-0.15, -0.1) is 11.3 Å². The molecule has 2 aromatic rings. The standard InChI is InChI=1S/C20H22N2O6S/c1-5-26-20(25)15-11(2)16(19(24)22(3)4)29-18(15)21-17(23)14-10-27-12-8-6-7-9-13(12)28-14/h6-9,14H,5,10H2,1-4H3,(H,21,23)/t14-/m0/s1. The largest absolute Gasteiger partial charge is 0.485 e. The van der Waals surface area contributed by atoms with Crippen LogP contribution in [0.15, 0.2) is 24.3 Å².